The first kappa shape index (κ1) is 14.6. The van der Waals surface area contributed by atoms with Crippen LogP contribution in [-0.4, -0.2) is 16.3 Å². The first-order valence-electron chi connectivity index (χ1n) is 7.70. The van der Waals surface area contributed by atoms with Crippen molar-refractivity contribution >= 4 is 0 Å². The fourth-order valence-electron chi connectivity index (χ4n) is 3.10. The monoisotopic (exact) mass is 263 g/mol. The van der Waals surface area contributed by atoms with Gasteiger partial charge in [0.05, 0.1) is 5.69 Å². The smallest absolute Gasteiger partial charge is 0.0722 e. The topological polar surface area (TPSA) is 29.9 Å². The Hall–Kier alpha value is -0.830. The molecule has 3 nitrogen and oxygen atoms in total. The molecule has 3 heteroatoms. The van der Waals surface area contributed by atoms with Crippen molar-refractivity contribution in [3.05, 3.63) is 17.5 Å². The molecular weight excluding hydrogens is 234 g/mol. The fraction of sp³-hybridized carbons (Fsp3) is 0.812. The van der Waals surface area contributed by atoms with Gasteiger partial charge in [0.25, 0.3) is 0 Å². The van der Waals surface area contributed by atoms with E-state index < -0.39 is 0 Å². The number of aromatic nitrogens is 2. The van der Waals surface area contributed by atoms with Crippen LogP contribution in [0.15, 0.2) is 6.20 Å². The standard InChI is InChI=1S/C16H29N3/c1-16(2,3)15-14(12-19(4)18-15)11-17-10-13-8-6-5-7-9-13/h12-13,17H,5-11H2,1-4H3. The summed E-state index contributed by atoms with van der Waals surface area (Å²) in [5.41, 5.74) is 2.71. The first-order chi connectivity index (χ1) is 8.97. The van der Waals surface area contributed by atoms with Crippen molar-refractivity contribution in [3.63, 3.8) is 0 Å². The number of nitrogens with one attached hydrogen (secondary N) is 1. The molecule has 0 unspecified atom stereocenters. The Morgan fingerprint density at radius 3 is 2.58 bits per heavy atom. The Labute approximate surface area is 117 Å². The lowest BCUT2D eigenvalue weighted by Crippen LogP contribution is -2.25. The van der Waals surface area contributed by atoms with Crippen molar-refractivity contribution in [1.29, 1.82) is 0 Å². The van der Waals surface area contributed by atoms with E-state index in [1.54, 1.807) is 0 Å². The van der Waals surface area contributed by atoms with E-state index in [1.807, 2.05) is 11.7 Å². The zero-order chi connectivity index (χ0) is 13.9. The highest BCUT2D eigenvalue weighted by molar-refractivity contribution is 5.23. The Morgan fingerprint density at radius 2 is 1.95 bits per heavy atom. The lowest BCUT2D eigenvalue weighted by Gasteiger charge is -2.22. The lowest BCUT2D eigenvalue weighted by atomic mass is 9.88. The summed E-state index contributed by atoms with van der Waals surface area (Å²) >= 11 is 0. The van der Waals surface area contributed by atoms with E-state index in [0.717, 1.165) is 12.5 Å². The summed E-state index contributed by atoms with van der Waals surface area (Å²) in [5.74, 6) is 0.892. The summed E-state index contributed by atoms with van der Waals surface area (Å²) in [4.78, 5) is 0. The van der Waals surface area contributed by atoms with Crippen LogP contribution in [0.5, 0.6) is 0 Å². The van der Waals surface area contributed by atoms with E-state index >= 15 is 0 Å². The van der Waals surface area contributed by atoms with Crippen LogP contribution in [-0.2, 0) is 19.0 Å². The molecule has 1 aromatic rings. The van der Waals surface area contributed by atoms with Gasteiger partial charge in [-0.15, -0.1) is 0 Å². The molecule has 1 N–H and O–H groups in total. The molecule has 1 aromatic heterocycles. The largest absolute Gasteiger partial charge is 0.312 e. The van der Waals surface area contributed by atoms with Crippen molar-refractivity contribution in [3.8, 4) is 0 Å². The Balaban J connectivity index is 1.88. The minimum absolute atomic E-state index is 0.128. The predicted molar refractivity (Wildman–Crippen MR) is 80.2 cm³/mol. The average molecular weight is 263 g/mol. The Bertz CT molecular complexity index is 395. The molecule has 0 atom stereocenters. The van der Waals surface area contributed by atoms with Crippen molar-refractivity contribution in [2.24, 2.45) is 13.0 Å². The molecule has 1 saturated carbocycles. The van der Waals surface area contributed by atoms with Gasteiger partial charge in [-0.25, -0.2) is 0 Å². The summed E-state index contributed by atoms with van der Waals surface area (Å²) in [7, 11) is 2.01. The quantitative estimate of drug-likeness (QED) is 0.902. The number of hydrogen-bond donors (Lipinski definition) is 1. The second-order valence-corrected chi connectivity index (χ2v) is 7.06. The van der Waals surface area contributed by atoms with E-state index in [9.17, 15) is 0 Å². The second-order valence-electron chi connectivity index (χ2n) is 7.06. The van der Waals surface area contributed by atoms with E-state index in [4.69, 9.17) is 0 Å². The minimum Gasteiger partial charge on any atom is -0.312 e. The molecule has 0 amide bonds. The van der Waals surface area contributed by atoms with Crippen LogP contribution < -0.4 is 5.32 Å². The summed E-state index contributed by atoms with van der Waals surface area (Å²) in [6, 6.07) is 0. The van der Waals surface area contributed by atoms with Crippen LogP contribution in [0.4, 0.5) is 0 Å². The van der Waals surface area contributed by atoms with Gasteiger partial charge in [-0.1, -0.05) is 40.0 Å². The zero-order valence-corrected chi connectivity index (χ0v) is 13.0. The highest BCUT2D eigenvalue weighted by Gasteiger charge is 2.21. The van der Waals surface area contributed by atoms with Crippen molar-refractivity contribution < 1.29 is 0 Å². The van der Waals surface area contributed by atoms with Gasteiger partial charge in [-0.3, -0.25) is 4.68 Å². The molecule has 0 bridgehead atoms. The van der Waals surface area contributed by atoms with Gasteiger partial charge in [0.15, 0.2) is 0 Å². The first-order valence-corrected chi connectivity index (χ1v) is 7.70. The number of hydrogen-bond acceptors (Lipinski definition) is 2. The number of nitrogens with zero attached hydrogens (tertiary/aromatic N) is 2. The second kappa shape index (κ2) is 6.08. The Morgan fingerprint density at radius 1 is 1.26 bits per heavy atom. The predicted octanol–water partition coefficient (Wildman–Crippen LogP) is 3.39. The lowest BCUT2D eigenvalue weighted by molar-refractivity contribution is 0.341. The molecule has 0 aliphatic heterocycles. The highest BCUT2D eigenvalue weighted by Crippen LogP contribution is 2.25. The van der Waals surface area contributed by atoms with Crippen LogP contribution in [0, 0.1) is 5.92 Å². The number of rotatable bonds is 4. The zero-order valence-electron chi connectivity index (χ0n) is 13.0. The minimum atomic E-state index is 0.128. The van der Waals surface area contributed by atoms with Crippen molar-refractivity contribution in [1.82, 2.24) is 15.1 Å². The van der Waals surface area contributed by atoms with Crippen LogP contribution in [0.3, 0.4) is 0 Å². The van der Waals surface area contributed by atoms with Gasteiger partial charge in [0.1, 0.15) is 0 Å². The summed E-state index contributed by atoms with van der Waals surface area (Å²) in [6.45, 7) is 8.83. The maximum absolute atomic E-state index is 4.62. The summed E-state index contributed by atoms with van der Waals surface area (Å²) < 4.78 is 1.94. The van der Waals surface area contributed by atoms with Gasteiger partial charge < -0.3 is 5.32 Å². The van der Waals surface area contributed by atoms with E-state index in [-0.39, 0.29) is 5.41 Å². The Kier molecular flexibility index (Phi) is 4.67. The molecule has 1 fully saturated rings. The van der Waals surface area contributed by atoms with Crippen LogP contribution in [0.1, 0.15) is 64.1 Å². The molecule has 0 aromatic carbocycles. The third-order valence-corrected chi connectivity index (χ3v) is 4.09. The van der Waals surface area contributed by atoms with E-state index in [1.165, 1.54) is 49.9 Å². The van der Waals surface area contributed by atoms with Crippen molar-refractivity contribution in [2.75, 3.05) is 6.54 Å². The van der Waals surface area contributed by atoms with E-state index in [0.29, 0.717) is 0 Å². The molecule has 108 valence electrons. The molecule has 0 spiro atoms. The van der Waals surface area contributed by atoms with Crippen LogP contribution >= 0.6 is 0 Å². The maximum atomic E-state index is 4.62. The SMILES string of the molecule is Cn1cc(CNCC2CCCCC2)c(C(C)(C)C)n1. The van der Waals surface area contributed by atoms with Crippen LogP contribution in [0.25, 0.3) is 0 Å². The molecular formula is C16H29N3. The highest BCUT2D eigenvalue weighted by atomic mass is 15.3. The van der Waals surface area contributed by atoms with Crippen molar-refractivity contribution in [2.45, 2.75) is 64.8 Å². The molecule has 1 heterocycles. The average Bonchev–Trinajstić information content (AvgIpc) is 2.72. The molecule has 0 saturated heterocycles. The number of aryl methyl sites for hydroxylation is 1. The summed E-state index contributed by atoms with van der Waals surface area (Å²) in [6.07, 6.45) is 9.26. The molecule has 1 aliphatic carbocycles. The maximum Gasteiger partial charge on any atom is 0.0722 e. The molecule has 19 heavy (non-hydrogen) atoms. The fourth-order valence-corrected chi connectivity index (χ4v) is 3.10. The molecule has 0 radical (unpaired) electrons. The third-order valence-electron chi connectivity index (χ3n) is 4.09. The van der Waals surface area contributed by atoms with Gasteiger partial charge in [-0.2, -0.15) is 5.10 Å². The normalized spacial score (nSPS) is 17.9. The van der Waals surface area contributed by atoms with Crippen LogP contribution in [0.2, 0.25) is 0 Å². The van der Waals surface area contributed by atoms with Gasteiger partial charge in [-0.05, 0) is 25.3 Å². The molecule has 1 aliphatic rings. The summed E-state index contributed by atoms with van der Waals surface area (Å²) in [5, 5.41) is 8.27. The molecule has 2 rings (SSSR count). The van der Waals surface area contributed by atoms with E-state index in [2.05, 4.69) is 37.4 Å². The van der Waals surface area contributed by atoms with Gasteiger partial charge >= 0.3 is 0 Å². The third kappa shape index (κ3) is 4.07. The van der Waals surface area contributed by atoms with Gasteiger partial charge in [0, 0.05) is 30.8 Å². The van der Waals surface area contributed by atoms with Gasteiger partial charge in [0.2, 0.25) is 0 Å².